The van der Waals surface area contributed by atoms with E-state index in [1.165, 1.54) is 6.07 Å². The Labute approximate surface area is 167 Å². The maximum absolute atomic E-state index is 13.3. The smallest absolute Gasteiger partial charge is 0.271 e. The maximum atomic E-state index is 13.3. The van der Waals surface area contributed by atoms with Gasteiger partial charge in [-0.3, -0.25) is 9.59 Å². The molecule has 1 aromatic carbocycles. The molecule has 1 amide bonds. The van der Waals surface area contributed by atoms with Crippen molar-refractivity contribution in [2.45, 2.75) is 32.0 Å². The van der Waals surface area contributed by atoms with Gasteiger partial charge in [0.2, 0.25) is 0 Å². The second-order valence-corrected chi connectivity index (χ2v) is 7.87. The molecular weight excluding hydrogens is 387 g/mol. The first-order chi connectivity index (χ1) is 13.0. The zero-order valence-corrected chi connectivity index (χ0v) is 16.2. The van der Waals surface area contributed by atoms with E-state index < -0.39 is 0 Å². The first kappa shape index (κ1) is 18.5. The summed E-state index contributed by atoms with van der Waals surface area (Å²) in [5.74, 6) is 0.173. The van der Waals surface area contributed by atoms with Crippen molar-refractivity contribution in [1.29, 1.82) is 0 Å². The van der Waals surface area contributed by atoms with Gasteiger partial charge in [-0.05, 0) is 42.5 Å². The Hall–Kier alpha value is -1.82. The molecule has 5 nitrogen and oxygen atoms in total. The quantitative estimate of drug-likeness (QED) is 0.781. The molecule has 4 rings (SSSR count). The van der Waals surface area contributed by atoms with Crippen LogP contribution in [0, 0.1) is 5.92 Å². The van der Waals surface area contributed by atoms with Crippen molar-refractivity contribution in [2.75, 3.05) is 13.2 Å². The van der Waals surface area contributed by atoms with Gasteiger partial charge in [0.25, 0.3) is 11.5 Å². The van der Waals surface area contributed by atoms with Gasteiger partial charge in [0.05, 0.1) is 16.1 Å². The van der Waals surface area contributed by atoms with E-state index in [4.69, 9.17) is 27.9 Å². The molecule has 1 aromatic heterocycles. The Bertz CT molecular complexity index is 922. The van der Waals surface area contributed by atoms with Gasteiger partial charge in [0.15, 0.2) is 0 Å². The van der Waals surface area contributed by atoms with E-state index in [0.717, 1.165) is 18.4 Å². The summed E-state index contributed by atoms with van der Waals surface area (Å²) in [4.78, 5) is 27.5. The number of carbonyl (C=O) groups is 1. The van der Waals surface area contributed by atoms with E-state index in [2.05, 4.69) is 0 Å². The summed E-state index contributed by atoms with van der Waals surface area (Å²) >= 11 is 12.2. The molecule has 0 saturated carbocycles. The highest BCUT2D eigenvalue weighted by Crippen LogP contribution is 2.31. The highest BCUT2D eigenvalue weighted by molar-refractivity contribution is 6.42. The molecule has 2 aliphatic rings. The second kappa shape index (κ2) is 7.66. The number of hydrogen-bond donors (Lipinski definition) is 0. The Morgan fingerprint density at radius 2 is 1.81 bits per heavy atom. The van der Waals surface area contributed by atoms with Crippen LogP contribution < -0.4 is 5.56 Å². The highest BCUT2D eigenvalue weighted by atomic mass is 35.5. The van der Waals surface area contributed by atoms with Gasteiger partial charge in [0.1, 0.15) is 5.69 Å². The van der Waals surface area contributed by atoms with E-state index in [0.29, 0.717) is 48.0 Å². The molecule has 2 aromatic rings. The first-order valence-electron chi connectivity index (χ1n) is 9.07. The van der Waals surface area contributed by atoms with Gasteiger partial charge < -0.3 is 14.2 Å². The number of halogens is 2. The number of amides is 1. The van der Waals surface area contributed by atoms with E-state index >= 15 is 0 Å². The molecule has 27 heavy (non-hydrogen) atoms. The predicted molar refractivity (Wildman–Crippen MR) is 104 cm³/mol. The number of fused-ring (bicyclic) bond motifs is 1. The number of carbonyl (C=O) groups excluding carboxylic acids is 1. The molecule has 1 unspecified atom stereocenters. The zero-order chi connectivity index (χ0) is 19.0. The van der Waals surface area contributed by atoms with Gasteiger partial charge >= 0.3 is 0 Å². The lowest BCUT2D eigenvalue weighted by Gasteiger charge is -2.42. The van der Waals surface area contributed by atoms with Gasteiger partial charge in [0, 0.05) is 32.4 Å². The molecular formula is C20H20Cl2N2O3. The third-order valence-electron chi connectivity index (χ3n) is 5.45. The lowest BCUT2D eigenvalue weighted by molar-refractivity contribution is 0.0102. The molecule has 142 valence electrons. The summed E-state index contributed by atoms with van der Waals surface area (Å²) in [5.41, 5.74) is 1.22. The van der Waals surface area contributed by atoms with Crippen LogP contribution in [0.2, 0.25) is 10.0 Å². The zero-order valence-electron chi connectivity index (χ0n) is 14.7. The van der Waals surface area contributed by atoms with E-state index in [9.17, 15) is 9.59 Å². The SMILES string of the molecule is O=C1c2cccc(=O)n2CC(C2CCOCC2)N1Cc1ccc(Cl)c(Cl)c1. The lowest BCUT2D eigenvalue weighted by atomic mass is 9.88. The van der Waals surface area contributed by atoms with Gasteiger partial charge in [-0.1, -0.05) is 35.3 Å². The van der Waals surface area contributed by atoms with Crippen molar-refractivity contribution in [3.63, 3.8) is 0 Å². The lowest BCUT2D eigenvalue weighted by Crippen LogP contribution is -2.54. The van der Waals surface area contributed by atoms with Crippen LogP contribution in [0.3, 0.4) is 0 Å². The molecule has 1 atom stereocenters. The van der Waals surface area contributed by atoms with Crippen LogP contribution in [0.5, 0.6) is 0 Å². The average Bonchev–Trinajstić information content (AvgIpc) is 2.68. The normalized spacial score (nSPS) is 20.6. The number of pyridine rings is 1. The standard InChI is InChI=1S/C20H20Cl2N2O3/c21-15-5-4-13(10-16(15)22)11-24-18(14-6-8-27-9-7-14)12-23-17(20(24)26)2-1-3-19(23)25/h1-5,10,14,18H,6-9,11-12H2. The fraction of sp³-hybridized carbons (Fsp3) is 0.400. The molecule has 7 heteroatoms. The van der Waals surface area contributed by atoms with Crippen LogP contribution in [0.15, 0.2) is 41.2 Å². The topological polar surface area (TPSA) is 51.5 Å². The summed E-state index contributed by atoms with van der Waals surface area (Å²) in [7, 11) is 0. The van der Waals surface area contributed by atoms with Crippen LogP contribution in [0.4, 0.5) is 0 Å². The molecule has 2 aliphatic heterocycles. The van der Waals surface area contributed by atoms with Crippen LogP contribution in [-0.4, -0.2) is 34.6 Å². The van der Waals surface area contributed by atoms with Crippen molar-refractivity contribution in [2.24, 2.45) is 5.92 Å². The summed E-state index contributed by atoms with van der Waals surface area (Å²) < 4.78 is 7.09. The fourth-order valence-corrected chi connectivity index (χ4v) is 4.33. The molecule has 3 heterocycles. The van der Waals surface area contributed by atoms with Crippen LogP contribution in [0.1, 0.15) is 28.9 Å². The van der Waals surface area contributed by atoms with Crippen molar-refractivity contribution < 1.29 is 9.53 Å². The third-order valence-corrected chi connectivity index (χ3v) is 6.19. The van der Waals surface area contributed by atoms with Gasteiger partial charge in [-0.15, -0.1) is 0 Å². The van der Waals surface area contributed by atoms with Crippen LogP contribution in [0.25, 0.3) is 0 Å². The van der Waals surface area contributed by atoms with E-state index in [1.54, 1.807) is 28.8 Å². The number of ether oxygens (including phenoxy) is 1. The minimum absolute atomic E-state index is 0.0524. The minimum atomic E-state index is -0.132. The molecule has 1 saturated heterocycles. The van der Waals surface area contributed by atoms with Crippen molar-refractivity contribution in [1.82, 2.24) is 9.47 Å². The highest BCUT2D eigenvalue weighted by Gasteiger charge is 2.38. The third kappa shape index (κ3) is 3.64. The first-order valence-corrected chi connectivity index (χ1v) is 9.82. The van der Waals surface area contributed by atoms with Crippen LogP contribution >= 0.6 is 23.2 Å². The number of benzene rings is 1. The number of aromatic nitrogens is 1. The molecule has 0 bridgehead atoms. The Kier molecular flexibility index (Phi) is 5.26. The number of hydrogen-bond acceptors (Lipinski definition) is 3. The fourth-order valence-electron chi connectivity index (χ4n) is 4.01. The number of nitrogens with zero attached hydrogens (tertiary/aromatic N) is 2. The summed E-state index contributed by atoms with van der Waals surface area (Å²) in [5, 5.41) is 0.959. The molecule has 0 radical (unpaired) electrons. The van der Waals surface area contributed by atoms with Crippen molar-refractivity contribution in [3.05, 3.63) is 68.1 Å². The Morgan fingerprint density at radius 1 is 1.04 bits per heavy atom. The molecule has 0 aliphatic carbocycles. The summed E-state index contributed by atoms with van der Waals surface area (Å²) in [6.07, 6.45) is 1.76. The van der Waals surface area contributed by atoms with E-state index in [1.807, 2.05) is 11.0 Å². The largest absolute Gasteiger partial charge is 0.381 e. The minimum Gasteiger partial charge on any atom is -0.381 e. The van der Waals surface area contributed by atoms with Crippen molar-refractivity contribution >= 4 is 29.1 Å². The average molecular weight is 407 g/mol. The summed E-state index contributed by atoms with van der Waals surface area (Å²) in [6, 6.07) is 10.2. The summed E-state index contributed by atoms with van der Waals surface area (Å²) in [6.45, 7) is 2.31. The Morgan fingerprint density at radius 3 is 2.56 bits per heavy atom. The van der Waals surface area contributed by atoms with Gasteiger partial charge in [-0.25, -0.2) is 0 Å². The monoisotopic (exact) mass is 406 g/mol. The maximum Gasteiger partial charge on any atom is 0.271 e. The molecule has 1 fully saturated rings. The van der Waals surface area contributed by atoms with Crippen molar-refractivity contribution in [3.8, 4) is 0 Å². The molecule has 0 spiro atoms. The second-order valence-electron chi connectivity index (χ2n) is 7.06. The molecule has 0 N–H and O–H groups in total. The Balaban J connectivity index is 1.71. The van der Waals surface area contributed by atoms with Gasteiger partial charge in [-0.2, -0.15) is 0 Å². The van der Waals surface area contributed by atoms with E-state index in [-0.39, 0.29) is 17.5 Å². The number of rotatable bonds is 3. The van der Waals surface area contributed by atoms with Crippen LogP contribution in [-0.2, 0) is 17.8 Å². The predicted octanol–water partition coefficient (Wildman–Crippen LogP) is 3.61.